The lowest BCUT2D eigenvalue weighted by molar-refractivity contribution is -0.384. The number of hydrazone groups is 1. The van der Waals surface area contributed by atoms with E-state index >= 15 is 0 Å². The van der Waals surface area contributed by atoms with E-state index in [-0.39, 0.29) is 63.8 Å². The van der Waals surface area contributed by atoms with Gasteiger partial charge in [0, 0.05) is 17.7 Å². The number of carboxylic acids is 1. The summed E-state index contributed by atoms with van der Waals surface area (Å²) >= 11 is 0. The minimum atomic E-state index is -1.34. The number of carbonyl (C=O) groups excluding carboxylic acids is 2. The third-order valence-corrected chi connectivity index (χ3v) is 6.37. The normalized spacial score (nSPS) is 26.2. The van der Waals surface area contributed by atoms with Crippen molar-refractivity contribution in [1.29, 1.82) is 0 Å². The van der Waals surface area contributed by atoms with Gasteiger partial charge in [0.05, 0.1) is 28.5 Å². The molecular formula is C22H17N3O7. The number of nitro benzene ring substituents is 1. The van der Waals surface area contributed by atoms with Gasteiger partial charge in [-0.05, 0) is 42.9 Å². The van der Waals surface area contributed by atoms with E-state index in [0.29, 0.717) is 0 Å². The maximum atomic E-state index is 12.8. The number of aromatic carboxylic acids is 1. The van der Waals surface area contributed by atoms with Crippen LogP contribution in [-0.2, 0) is 9.59 Å². The highest BCUT2D eigenvalue weighted by molar-refractivity contribution is 6.06. The lowest BCUT2D eigenvalue weighted by Gasteiger charge is -2.37. The van der Waals surface area contributed by atoms with Crippen LogP contribution in [0.2, 0.25) is 0 Å². The van der Waals surface area contributed by atoms with E-state index in [0.717, 1.165) is 23.9 Å². The van der Waals surface area contributed by atoms with Gasteiger partial charge in [-0.15, -0.1) is 0 Å². The van der Waals surface area contributed by atoms with Crippen molar-refractivity contribution in [1.82, 2.24) is 5.01 Å². The minimum absolute atomic E-state index is 0.0634. The number of allylic oxidation sites excluding steroid dienone is 2. The number of hydrogen-bond acceptors (Lipinski definition) is 7. The summed E-state index contributed by atoms with van der Waals surface area (Å²) in [4.78, 5) is 47.4. The van der Waals surface area contributed by atoms with E-state index in [2.05, 4.69) is 5.10 Å². The molecule has 1 aromatic carbocycles. The molecule has 1 saturated carbocycles. The lowest BCUT2D eigenvalue weighted by atomic mass is 9.63. The summed E-state index contributed by atoms with van der Waals surface area (Å²) in [5.74, 6) is -2.21. The van der Waals surface area contributed by atoms with Crippen molar-refractivity contribution in [3.8, 4) is 11.3 Å². The Balaban J connectivity index is 1.40. The van der Waals surface area contributed by atoms with Gasteiger partial charge in [-0.25, -0.2) is 4.79 Å². The molecule has 1 aliphatic heterocycles. The number of nitrogens with zero attached hydrogens (tertiary/aromatic N) is 3. The van der Waals surface area contributed by atoms with Crippen molar-refractivity contribution in [2.45, 2.75) is 12.8 Å². The third-order valence-electron chi connectivity index (χ3n) is 6.37. The number of hydrogen-bond donors (Lipinski definition) is 1. The predicted octanol–water partition coefficient (Wildman–Crippen LogP) is 3.08. The van der Waals surface area contributed by atoms with Crippen molar-refractivity contribution in [2.24, 2.45) is 28.8 Å². The smallest absolute Gasteiger partial charge is 0.336 e. The van der Waals surface area contributed by atoms with Crippen LogP contribution in [-0.4, -0.2) is 39.0 Å². The second-order valence-electron chi connectivity index (χ2n) is 8.07. The van der Waals surface area contributed by atoms with Gasteiger partial charge in [0.25, 0.3) is 17.5 Å². The zero-order valence-electron chi connectivity index (χ0n) is 16.6. The van der Waals surface area contributed by atoms with E-state index in [1.807, 2.05) is 12.2 Å². The lowest BCUT2D eigenvalue weighted by Crippen LogP contribution is -2.38. The first kappa shape index (κ1) is 19.9. The van der Waals surface area contributed by atoms with E-state index in [9.17, 15) is 29.6 Å². The van der Waals surface area contributed by atoms with Crippen molar-refractivity contribution in [3.63, 3.8) is 0 Å². The quantitative estimate of drug-likeness (QED) is 0.250. The van der Waals surface area contributed by atoms with Gasteiger partial charge in [0.1, 0.15) is 11.5 Å². The summed E-state index contributed by atoms with van der Waals surface area (Å²) in [6.45, 7) is 0. The topological polar surface area (TPSA) is 143 Å². The molecule has 10 nitrogen and oxygen atoms in total. The number of carbonyl (C=O) groups is 3. The van der Waals surface area contributed by atoms with Crippen LogP contribution in [0.25, 0.3) is 11.3 Å². The molecule has 2 amide bonds. The number of amides is 2. The molecule has 32 heavy (non-hydrogen) atoms. The first-order valence-electron chi connectivity index (χ1n) is 10.1. The van der Waals surface area contributed by atoms with Crippen LogP contribution in [0.15, 0.2) is 52.0 Å². The highest BCUT2D eigenvalue weighted by Gasteiger charge is 2.56. The van der Waals surface area contributed by atoms with Crippen LogP contribution in [0.4, 0.5) is 5.69 Å². The van der Waals surface area contributed by atoms with E-state index in [1.54, 1.807) is 0 Å². The summed E-state index contributed by atoms with van der Waals surface area (Å²) in [6, 6.07) is 6.44. The van der Waals surface area contributed by atoms with Crippen molar-refractivity contribution >= 4 is 29.7 Å². The number of imide groups is 1. The first-order chi connectivity index (χ1) is 15.3. The molecule has 10 heteroatoms. The second kappa shape index (κ2) is 7.26. The fourth-order valence-corrected chi connectivity index (χ4v) is 4.89. The third kappa shape index (κ3) is 3.03. The molecule has 0 radical (unpaired) electrons. The number of non-ortho nitro benzene ring substituents is 1. The van der Waals surface area contributed by atoms with Gasteiger partial charge in [0.2, 0.25) is 0 Å². The number of benzene rings is 1. The fourth-order valence-electron chi connectivity index (χ4n) is 4.89. The van der Waals surface area contributed by atoms with Crippen LogP contribution in [0, 0.1) is 33.8 Å². The average Bonchev–Trinajstić information content (AvgIpc) is 3.36. The van der Waals surface area contributed by atoms with Gasteiger partial charge in [-0.2, -0.15) is 10.1 Å². The largest absolute Gasteiger partial charge is 0.478 e. The van der Waals surface area contributed by atoms with Crippen LogP contribution in [0.5, 0.6) is 0 Å². The Morgan fingerprint density at radius 3 is 2.34 bits per heavy atom. The Hall–Kier alpha value is -4.08. The van der Waals surface area contributed by atoms with Crippen LogP contribution in [0.1, 0.15) is 29.0 Å². The molecule has 1 aromatic heterocycles. The molecule has 1 saturated heterocycles. The maximum absolute atomic E-state index is 12.8. The van der Waals surface area contributed by atoms with E-state index in [1.165, 1.54) is 30.5 Å². The molecule has 2 aromatic rings. The Kier molecular flexibility index (Phi) is 4.50. The zero-order valence-corrected chi connectivity index (χ0v) is 16.6. The highest BCUT2D eigenvalue weighted by atomic mass is 16.6. The fraction of sp³-hybridized carbons (Fsp3) is 0.273. The van der Waals surface area contributed by atoms with Gasteiger partial charge in [-0.1, -0.05) is 12.2 Å². The summed E-state index contributed by atoms with van der Waals surface area (Å²) in [7, 11) is 0. The van der Waals surface area contributed by atoms with Gasteiger partial charge >= 0.3 is 5.97 Å². The second-order valence-corrected chi connectivity index (χ2v) is 8.07. The SMILES string of the molecule is O=C(O)c1cc([N+](=O)[O-])ccc1-c1ccc(/C=N\N2C(=O)[C@H]3[C@H](C2=O)[C@H]2C=C[C@H]3CC2)o1. The molecule has 6 rings (SSSR count). The van der Waals surface area contributed by atoms with Crippen LogP contribution < -0.4 is 0 Å². The van der Waals surface area contributed by atoms with Crippen LogP contribution in [0.3, 0.4) is 0 Å². The number of nitro groups is 1. The molecule has 2 heterocycles. The van der Waals surface area contributed by atoms with Gasteiger partial charge in [0.15, 0.2) is 0 Å². The van der Waals surface area contributed by atoms with Gasteiger partial charge in [-0.3, -0.25) is 19.7 Å². The summed E-state index contributed by atoms with van der Waals surface area (Å²) in [5, 5.41) is 25.3. The minimum Gasteiger partial charge on any atom is -0.478 e. The van der Waals surface area contributed by atoms with E-state index in [4.69, 9.17) is 4.42 Å². The summed E-state index contributed by atoms with van der Waals surface area (Å²) in [5.41, 5.74) is -0.478. The molecule has 2 fully saturated rings. The standard InChI is InChI=1S/C22H17N3O7/c26-20-18-11-1-2-12(4-3-11)19(18)21(27)24(20)23-10-14-6-8-17(32-14)15-7-5-13(25(30)31)9-16(15)22(28)29/h1-2,5-12,18-19H,3-4H2,(H,28,29)/b23-10-/t11-,12-,18+,19+/m0/s1. The number of rotatable bonds is 5. The summed E-state index contributed by atoms with van der Waals surface area (Å²) in [6.07, 6.45) is 7.06. The highest BCUT2D eigenvalue weighted by Crippen LogP contribution is 2.49. The molecule has 4 atom stereocenters. The van der Waals surface area contributed by atoms with Crippen LogP contribution >= 0.6 is 0 Å². The van der Waals surface area contributed by atoms with Gasteiger partial charge < -0.3 is 9.52 Å². The number of furan rings is 1. The molecule has 1 N–H and O–H groups in total. The summed E-state index contributed by atoms with van der Waals surface area (Å²) < 4.78 is 5.62. The predicted molar refractivity (Wildman–Crippen MR) is 110 cm³/mol. The van der Waals surface area contributed by atoms with Crippen molar-refractivity contribution < 1.29 is 28.8 Å². The number of carboxylic acid groups (broad SMARTS) is 1. The van der Waals surface area contributed by atoms with Crippen molar-refractivity contribution in [3.05, 3.63) is 63.9 Å². The maximum Gasteiger partial charge on any atom is 0.336 e. The molecule has 162 valence electrons. The molecule has 4 aliphatic rings. The molecule has 2 bridgehead atoms. The zero-order chi connectivity index (χ0) is 22.6. The molecule has 0 spiro atoms. The van der Waals surface area contributed by atoms with Crippen molar-refractivity contribution in [2.75, 3.05) is 0 Å². The molecular weight excluding hydrogens is 418 g/mol. The Labute approximate surface area is 181 Å². The molecule has 3 aliphatic carbocycles. The first-order valence-corrected chi connectivity index (χ1v) is 10.1. The monoisotopic (exact) mass is 435 g/mol. The van der Waals surface area contributed by atoms with E-state index < -0.39 is 10.9 Å². The molecule has 0 unspecified atom stereocenters. The Morgan fingerprint density at radius 1 is 1.12 bits per heavy atom. The Morgan fingerprint density at radius 2 is 1.78 bits per heavy atom. The number of fused-ring (bicyclic) bond motifs is 1. The Bertz CT molecular complexity index is 1200. The average molecular weight is 435 g/mol.